The Hall–Kier alpha value is -1.92. The molecule has 6 heteroatoms. The van der Waals surface area contributed by atoms with Gasteiger partial charge in [-0.2, -0.15) is 0 Å². The van der Waals surface area contributed by atoms with Gasteiger partial charge in [0.15, 0.2) is 0 Å². The highest BCUT2D eigenvalue weighted by atomic mass is 16.2. The molecule has 1 aliphatic rings. The molecule has 1 aliphatic heterocycles. The van der Waals surface area contributed by atoms with Crippen molar-refractivity contribution in [3.8, 4) is 0 Å². The quantitative estimate of drug-likeness (QED) is 0.791. The molecule has 26 heavy (non-hydrogen) atoms. The number of amides is 2. The lowest BCUT2D eigenvalue weighted by atomic mass is 10.1. The second-order valence-electron chi connectivity index (χ2n) is 7.54. The Morgan fingerprint density at radius 2 is 1.85 bits per heavy atom. The van der Waals surface area contributed by atoms with Gasteiger partial charge in [0.2, 0.25) is 11.8 Å². The number of carbonyl (C=O) groups excluding carboxylic acids is 2. The molecule has 0 atom stereocenters. The number of nitrogens with zero attached hydrogens (tertiary/aromatic N) is 3. The van der Waals surface area contributed by atoms with Crippen molar-refractivity contribution in [2.24, 2.45) is 0 Å². The number of hydrogen-bond acceptors (Lipinski definition) is 4. The third-order valence-electron chi connectivity index (χ3n) is 4.48. The summed E-state index contributed by atoms with van der Waals surface area (Å²) < 4.78 is 0. The molecule has 1 aromatic carbocycles. The second-order valence-corrected chi connectivity index (χ2v) is 7.54. The Morgan fingerprint density at radius 1 is 1.15 bits per heavy atom. The van der Waals surface area contributed by atoms with Crippen LogP contribution in [0, 0.1) is 6.92 Å². The maximum atomic E-state index is 12.5. The van der Waals surface area contributed by atoms with Crippen LogP contribution in [-0.2, 0) is 16.1 Å². The maximum absolute atomic E-state index is 12.5. The third-order valence-corrected chi connectivity index (χ3v) is 4.48. The first-order valence-corrected chi connectivity index (χ1v) is 9.37. The number of likely N-dealkylation sites (N-methyl/N-ethyl adjacent to an activating group) is 1. The molecule has 0 aliphatic carbocycles. The van der Waals surface area contributed by atoms with Crippen molar-refractivity contribution in [2.75, 3.05) is 46.3 Å². The van der Waals surface area contributed by atoms with Gasteiger partial charge in [-0.15, -0.1) is 0 Å². The monoisotopic (exact) mass is 360 g/mol. The molecule has 2 rings (SSSR count). The van der Waals surface area contributed by atoms with E-state index in [-0.39, 0.29) is 30.9 Å². The Kier molecular flexibility index (Phi) is 7.60. The number of rotatable bonds is 7. The van der Waals surface area contributed by atoms with Gasteiger partial charge >= 0.3 is 0 Å². The minimum atomic E-state index is -0.0433. The molecule has 0 saturated carbocycles. The Labute approximate surface area is 157 Å². The van der Waals surface area contributed by atoms with E-state index < -0.39 is 0 Å². The van der Waals surface area contributed by atoms with Crippen LogP contribution in [0.2, 0.25) is 0 Å². The Balaban J connectivity index is 1.73. The lowest BCUT2D eigenvalue weighted by Gasteiger charge is -2.35. The molecular weight excluding hydrogens is 328 g/mol. The normalized spacial score (nSPS) is 15.5. The summed E-state index contributed by atoms with van der Waals surface area (Å²) in [4.78, 5) is 30.3. The van der Waals surface area contributed by atoms with E-state index in [0.29, 0.717) is 0 Å². The predicted molar refractivity (Wildman–Crippen MR) is 104 cm³/mol. The van der Waals surface area contributed by atoms with Gasteiger partial charge in [-0.25, -0.2) is 0 Å². The van der Waals surface area contributed by atoms with Gasteiger partial charge in [0.1, 0.15) is 0 Å². The summed E-state index contributed by atoms with van der Waals surface area (Å²) in [6, 6.07) is 8.69. The van der Waals surface area contributed by atoms with Crippen LogP contribution in [-0.4, -0.2) is 78.9 Å². The van der Waals surface area contributed by atoms with Crippen LogP contribution >= 0.6 is 0 Å². The molecule has 1 N–H and O–H groups in total. The van der Waals surface area contributed by atoms with Crippen molar-refractivity contribution >= 4 is 11.8 Å². The summed E-state index contributed by atoms with van der Waals surface area (Å²) in [5.74, 6) is 0.0540. The van der Waals surface area contributed by atoms with E-state index in [4.69, 9.17) is 0 Å². The lowest BCUT2D eigenvalue weighted by molar-refractivity contribution is -0.134. The molecule has 1 heterocycles. The van der Waals surface area contributed by atoms with Gasteiger partial charge in [-0.3, -0.25) is 19.4 Å². The number of nitrogens with one attached hydrogen (secondary N) is 1. The summed E-state index contributed by atoms with van der Waals surface area (Å²) in [6.45, 7) is 10.7. The average Bonchev–Trinajstić information content (AvgIpc) is 2.54. The van der Waals surface area contributed by atoms with E-state index in [2.05, 4.69) is 41.4 Å². The molecule has 1 aromatic rings. The highest BCUT2D eigenvalue weighted by Crippen LogP contribution is 2.10. The van der Waals surface area contributed by atoms with E-state index in [0.717, 1.165) is 32.7 Å². The SMILES string of the molecule is Cc1cccc(CN2CCN(C(=O)CN(C)CC(=O)NC(C)C)CC2)c1. The fraction of sp³-hybridized carbons (Fsp3) is 0.600. The van der Waals surface area contributed by atoms with Crippen molar-refractivity contribution in [1.29, 1.82) is 0 Å². The molecule has 6 nitrogen and oxygen atoms in total. The molecule has 0 radical (unpaired) electrons. The lowest BCUT2D eigenvalue weighted by Crippen LogP contribution is -2.51. The number of carbonyl (C=O) groups is 2. The summed E-state index contributed by atoms with van der Waals surface area (Å²) in [7, 11) is 1.81. The van der Waals surface area contributed by atoms with Crippen molar-refractivity contribution in [1.82, 2.24) is 20.0 Å². The van der Waals surface area contributed by atoms with Crippen LogP contribution in [0.15, 0.2) is 24.3 Å². The van der Waals surface area contributed by atoms with Crippen LogP contribution in [0.4, 0.5) is 0 Å². The van der Waals surface area contributed by atoms with E-state index in [1.165, 1.54) is 11.1 Å². The van der Waals surface area contributed by atoms with Gasteiger partial charge in [0, 0.05) is 38.8 Å². The van der Waals surface area contributed by atoms with E-state index in [9.17, 15) is 9.59 Å². The minimum absolute atomic E-state index is 0.0433. The van der Waals surface area contributed by atoms with Crippen LogP contribution < -0.4 is 5.32 Å². The molecule has 144 valence electrons. The summed E-state index contributed by atoms with van der Waals surface area (Å²) in [5.41, 5.74) is 2.60. The smallest absolute Gasteiger partial charge is 0.236 e. The fourth-order valence-electron chi connectivity index (χ4n) is 3.22. The molecule has 2 amide bonds. The number of benzene rings is 1. The molecule has 0 unspecified atom stereocenters. The molecule has 0 spiro atoms. The number of hydrogen-bond donors (Lipinski definition) is 1. The second kappa shape index (κ2) is 9.69. The predicted octanol–water partition coefficient (Wildman–Crippen LogP) is 1.10. The largest absolute Gasteiger partial charge is 0.353 e. The zero-order valence-corrected chi connectivity index (χ0v) is 16.5. The first-order chi connectivity index (χ1) is 12.3. The minimum Gasteiger partial charge on any atom is -0.353 e. The molecule has 0 aromatic heterocycles. The first kappa shape index (κ1) is 20.4. The van der Waals surface area contributed by atoms with Crippen LogP contribution in [0.25, 0.3) is 0 Å². The topological polar surface area (TPSA) is 55.9 Å². The number of piperazine rings is 1. The highest BCUT2D eigenvalue weighted by molar-refractivity contribution is 5.81. The zero-order chi connectivity index (χ0) is 19.1. The standard InChI is InChI=1S/C20H32N4O2/c1-16(2)21-19(25)14-22(4)15-20(26)24-10-8-23(9-11-24)13-18-7-5-6-17(3)12-18/h5-7,12,16H,8-11,13-15H2,1-4H3,(H,21,25). The first-order valence-electron chi connectivity index (χ1n) is 9.37. The van der Waals surface area contributed by atoms with E-state index in [1.54, 1.807) is 4.90 Å². The molecule has 1 fully saturated rings. The molecule has 0 bridgehead atoms. The van der Waals surface area contributed by atoms with Crippen molar-refractivity contribution in [3.63, 3.8) is 0 Å². The highest BCUT2D eigenvalue weighted by Gasteiger charge is 2.22. The van der Waals surface area contributed by atoms with Crippen LogP contribution in [0.5, 0.6) is 0 Å². The summed E-state index contributed by atoms with van der Waals surface area (Å²) in [5, 5.41) is 2.85. The number of aryl methyl sites for hydroxylation is 1. The Morgan fingerprint density at radius 3 is 2.46 bits per heavy atom. The fourth-order valence-corrected chi connectivity index (χ4v) is 3.22. The van der Waals surface area contributed by atoms with Gasteiger partial charge in [-0.1, -0.05) is 29.8 Å². The van der Waals surface area contributed by atoms with E-state index >= 15 is 0 Å². The van der Waals surface area contributed by atoms with Gasteiger partial charge in [-0.05, 0) is 33.4 Å². The molecular formula is C20H32N4O2. The van der Waals surface area contributed by atoms with Crippen molar-refractivity contribution in [2.45, 2.75) is 33.4 Å². The summed E-state index contributed by atoms with van der Waals surface area (Å²) >= 11 is 0. The molecule has 1 saturated heterocycles. The summed E-state index contributed by atoms with van der Waals surface area (Å²) in [6.07, 6.45) is 0. The third kappa shape index (κ3) is 6.77. The van der Waals surface area contributed by atoms with Gasteiger partial charge < -0.3 is 10.2 Å². The Bertz CT molecular complexity index is 610. The van der Waals surface area contributed by atoms with Crippen molar-refractivity contribution in [3.05, 3.63) is 35.4 Å². The zero-order valence-electron chi connectivity index (χ0n) is 16.5. The van der Waals surface area contributed by atoms with Crippen LogP contribution in [0.3, 0.4) is 0 Å². The van der Waals surface area contributed by atoms with Gasteiger partial charge in [0.25, 0.3) is 0 Å². The van der Waals surface area contributed by atoms with Crippen LogP contribution in [0.1, 0.15) is 25.0 Å². The van der Waals surface area contributed by atoms with E-state index in [1.807, 2.05) is 25.8 Å². The maximum Gasteiger partial charge on any atom is 0.236 e. The van der Waals surface area contributed by atoms with Gasteiger partial charge in [0.05, 0.1) is 13.1 Å². The average molecular weight is 361 g/mol. The van der Waals surface area contributed by atoms with Crippen molar-refractivity contribution < 1.29 is 9.59 Å².